The fraction of sp³-hybridized carbons (Fsp3) is 0. The lowest BCUT2D eigenvalue weighted by molar-refractivity contribution is 0.0696. The quantitative estimate of drug-likeness (QED) is 0.275. The molecule has 0 radical (unpaired) electrons. The number of carboxylic acids is 1. The van der Waals surface area contributed by atoms with Crippen molar-refractivity contribution in [3.8, 4) is 0 Å². The Morgan fingerprint density at radius 3 is 1.72 bits per heavy atom. The Labute approximate surface area is 217 Å². The van der Waals surface area contributed by atoms with E-state index in [9.17, 15) is 23.1 Å². The molecule has 0 saturated carbocycles. The Balaban J connectivity index is 0.00000304. The first kappa shape index (κ1) is 25.0. The molecule has 0 fully saturated rings. The van der Waals surface area contributed by atoms with E-state index < -0.39 is 21.9 Å². The molecule has 0 aliphatic heterocycles. The molecule has 1 amide bonds. The number of nitrogens with zero attached hydrogens (tertiary/aromatic N) is 2. The van der Waals surface area contributed by atoms with Crippen molar-refractivity contribution in [1.29, 1.82) is 0 Å². The van der Waals surface area contributed by atoms with Gasteiger partial charge >= 0.3 is 5.97 Å². The van der Waals surface area contributed by atoms with Crippen LogP contribution in [0.1, 0.15) is 20.7 Å². The molecule has 1 N–H and O–H groups in total. The van der Waals surface area contributed by atoms with E-state index in [1.54, 1.807) is 66.7 Å². The Hall–Kier alpha value is -4.08. The third kappa shape index (κ3) is 4.34. The van der Waals surface area contributed by atoms with Crippen LogP contribution < -0.4 is 4.31 Å². The first-order chi connectivity index (χ1) is 16.9. The summed E-state index contributed by atoms with van der Waals surface area (Å²) in [5.41, 5.74) is 1.43. The summed E-state index contributed by atoms with van der Waals surface area (Å²) in [5.74, 6) is -1.92. The molecule has 9 heteroatoms. The monoisotopic (exact) mass is 562 g/mol. The van der Waals surface area contributed by atoms with Crippen LogP contribution in [0.5, 0.6) is 0 Å². The van der Waals surface area contributed by atoms with Crippen molar-refractivity contribution in [2.24, 2.45) is 0 Å². The van der Waals surface area contributed by atoms with E-state index in [4.69, 9.17) is 0 Å². The van der Waals surface area contributed by atoms with Crippen LogP contribution in [0, 0.1) is 0 Å². The van der Waals surface area contributed by atoms with E-state index in [2.05, 4.69) is 4.98 Å². The Kier molecular flexibility index (Phi) is 6.87. The molecule has 0 saturated heterocycles. The number of carbonyl (C=O) groups excluding carboxylic acids is 1. The number of pyridine rings is 1. The molecule has 1 aromatic heterocycles. The number of aromatic nitrogens is 1. The van der Waals surface area contributed by atoms with Gasteiger partial charge in [-0.1, -0.05) is 54.6 Å². The van der Waals surface area contributed by atoms with E-state index in [1.807, 2.05) is 0 Å². The van der Waals surface area contributed by atoms with Gasteiger partial charge in [0.2, 0.25) is 0 Å². The first-order valence-electron chi connectivity index (χ1n) is 10.6. The molecular weight excluding hydrogens is 544 g/mol. The van der Waals surface area contributed by atoms with Crippen LogP contribution in [0.25, 0.3) is 21.8 Å². The molecule has 5 aromatic rings. The van der Waals surface area contributed by atoms with E-state index in [1.165, 1.54) is 36.4 Å². The summed E-state index contributed by atoms with van der Waals surface area (Å²) in [6.45, 7) is 0. The number of sulfonamides is 1. The predicted octanol–water partition coefficient (Wildman–Crippen LogP) is 5.70. The molecule has 0 unspecified atom stereocenters. The number of halogens is 1. The van der Waals surface area contributed by atoms with E-state index in [0.717, 1.165) is 4.31 Å². The zero-order chi connectivity index (χ0) is 24.6. The third-order valence-corrected chi connectivity index (χ3v) is 7.34. The highest BCUT2D eigenvalue weighted by molar-refractivity contribution is 8.93. The Bertz CT molecular complexity index is 1650. The minimum atomic E-state index is -4.41. The van der Waals surface area contributed by atoms with Crippen molar-refractivity contribution in [3.63, 3.8) is 0 Å². The zero-order valence-corrected chi connectivity index (χ0v) is 21.1. The molecule has 1 heterocycles. The molecule has 0 bridgehead atoms. The standard InChI is InChI=1S/C27H18N2O5S.BrH/c30-26(25-21-10-4-6-12-23(21)28-24-13-7-5-11-22(24)25)29(19-8-2-1-3-9-19)35(33,34)20-16-14-18(15-17-20)27(31)32;/h1-17H,(H,31,32);1H. The van der Waals surface area contributed by atoms with Gasteiger partial charge in [0.15, 0.2) is 0 Å². The second kappa shape index (κ2) is 9.88. The first-order valence-corrected chi connectivity index (χ1v) is 12.1. The number of hydrogen-bond acceptors (Lipinski definition) is 5. The highest BCUT2D eigenvalue weighted by Gasteiger charge is 2.34. The summed E-state index contributed by atoms with van der Waals surface area (Å²) in [4.78, 5) is 29.9. The molecular formula is C27H19BrN2O5S. The van der Waals surface area contributed by atoms with Crippen molar-refractivity contribution >= 4 is 66.4 Å². The van der Waals surface area contributed by atoms with Gasteiger partial charge in [0.1, 0.15) is 0 Å². The fourth-order valence-electron chi connectivity index (χ4n) is 3.98. The zero-order valence-electron chi connectivity index (χ0n) is 18.6. The smallest absolute Gasteiger partial charge is 0.335 e. The van der Waals surface area contributed by atoms with Crippen LogP contribution >= 0.6 is 17.0 Å². The van der Waals surface area contributed by atoms with E-state index in [-0.39, 0.29) is 38.7 Å². The van der Waals surface area contributed by atoms with Crippen molar-refractivity contribution in [2.45, 2.75) is 4.90 Å². The van der Waals surface area contributed by atoms with E-state index in [0.29, 0.717) is 21.8 Å². The maximum atomic E-state index is 14.2. The fourth-order valence-corrected chi connectivity index (χ4v) is 5.38. The van der Waals surface area contributed by atoms with Gasteiger partial charge in [-0.15, -0.1) is 17.0 Å². The predicted molar refractivity (Wildman–Crippen MR) is 143 cm³/mol. The molecule has 5 rings (SSSR count). The van der Waals surface area contributed by atoms with Crippen LogP contribution in [0.2, 0.25) is 0 Å². The number of carboxylic acid groups (broad SMARTS) is 1. The van der Waals surface area contributed by atoms with Gasteiger partial charge in [-0.2, -0.15) is 4.31 Å². The van der Waals surface area contributed by atoms with Crippen molar-refractivity contribution < 1.29 is 23.1 Å². The summed E-state index contributed by atoms with van der Waals surface area (Å²) >= 11 is 0. The van der Waals surface area contributed by atoms with Gasteiger partial charge < -0.3 is 5.11 Å². The molecule has 36 heavy (non-hydrogen) atoms. The maximum Gasteiger partial charge on any atom is 0.335 e. The van der Waals surface area contributed by atoms with Crippen molar-refractivity contribution in [2.75, 3.05) is 4.31 Å². The number of carbonyl (C=O) groups is 2. The summed E-state index contributed by atoms with van der Waals surface area (Å²) < 4.78 is 28.4. The molecule has 180 valence electrons. The largest absolute Gasteiger partial charge is 0.478 e. The van der Waals surface area contributed by atoms with Gasteiger partial charge in [0.05, 0.1) is 32.7 Å². The average Bonchev–Trinajstić information content (AvgIpc) is 2.87. The normalized spacial score (nSPS) is 11.1. The minimum Gasteiger partial charge on any atom is -0.478 e. The highest BCUT2D eigenvalue weighted by atomic mass is 79.9. The van der Waals surface area contributed by atoms with Gasteiger partial charge in [0, 0.05) is 10.8 Å². The molecule has 0 aliphatic rings. The maximum absolute atomic E-state index is 14.2. The topological polar surface area (TPSA) is 105 Å². The summed E-state index contributed by atoms with van der Waals surface area (Å²) in [5, 5.41) is 10.2. The number of anilines is 1. The lowest BCUT2D eigenvalue weighted by Gasteiger charge is -2.24. The van der Waals surface area contributed by atoms with Crippen LogP contribution in [0.15, 0.2) is 108 Å². The average molecular weight is 563 g/mol. The number of rotatable bonds is 5. The van der Waals surface area contributed by atoms with Crippen LogP contribution in [0.3, 0.4) is 0 Å². The number of benzene rings is 4. The molecule has 7 nitrogen and oxygen atoms in total. The SMILES string of the molecule is Br.O=C(O)c1ccc(S(=O)(=O)N(C(=O)c2c3ccccc3nc3ccccc23)c2ccccc2)cc1. The van der Waals surface area contributed by atoms with Gasteiger partial charge in [-0.05, 0) is 48.5 Å². The second-order valence-corrected chi connectivity index (χ2v) is 9.55. The molecule has 0 atom stereocenters. The summed E-state index contributed by atoms with van der Waals surface area (Å²) in [7, 11) is -4.41. The lowest BCUT2D eigenvalue weighted by atomic mass is 10.0. The van der Waals surface area contributed by atoms with E-state index >= 15 is 0 Å². The van der Waals surface area contributed by atoms with Crippen molar-refractivity contribution in [3.05, 3.63) is 114 Å². The number of fused-ring (bicyclic) bond motifs is 2. The van der Waals surface area contributed by atoms with Crippen LogP contribution in [0.4, 0.5) is 5.69 Å². The second-order valence-electron chi connectivity index (χ2n) is 7.76. The number of amides is 1. The van der Waals surface area contributed by atoms with Gasteiger partial charge in [0.25, 0.3) is 15.9 Å². The number of hydrogen-bond donors (Lipinski definition) is 1. The highest BCUT2D eigenvalue weighted by Crippen LogP contribution is 2.32. The summed E-state index contributed by atoms with van der Waals surface area (Å²) in [6, 6.07) is 27.0. The summed E-state index contributed by atoms with van der Waals surface area (Å²) in [6.07, 6.45) is 0. The number of aromatic carboxylic acids is 1. The van der Waals surface area contributed by atoms with Crippen LogP contribution in [-0.2, 0) is 10.0 Å². The molecule has 4 aromatic carbocycles. The lowest BCUT2D eigenvalue weighted by Crippen LogP contribution is -2.37. The third-order valence-electron chi connectivity index (χ3n) is 5.62. The minimum absolute atomic E-state index is 0. The molecule has 0 spiro atoms. The van der Waals surface area contributed by atoms with Gasteiger partial charge in [-0.25, -0.2) is 18.2 Å². The molecule has 0 aliphatic carbocycles. The Morgan fingerprint density at radius 1 is 0.694 bits per heavy atom. The Morgan fingerprint density at radius 2 is 1.19 bits per heavy atom. The number of para-hydroxylation sites is 3. The van der Waals surface area contributed by atoms with Crippen LogP contribution in [-0.4, -0.2) is 30.4 Å². The van der Waals surface area contributed by atoms with Crippen molar-refractivity contribution in [1.82, 2.24) is 4.98 Å². The van der Waals surface area contributed by atoms with Gasteiger partial charge in [-0.3, -0.25) is 4.79 Å².